The van der Waals surface area contributed by atoms with Crippen LogP contribution in [0.5, 0.6) is 5.75 Å². The van der Waals surface area contributed by atoms with E-state index in [9.17, 15) is 0 Å². The number of para-hydroxylation sites is 1. The monoisotopic (exact) mass is 273 g/mol. The number of methoxy groups -OCH3 is 1. The van der Waals surface area contributed by atoms with Gasteiger partial charge in [0.1, 0.15) is 5.75 Å². The molecule has 2 aromatic carbocycles. The van der Waals surface area contributed by atoms with E-state index in [2.05, 4.69) is 54.9 Å². The van der Waals surface area contributed by atoms with Crippen molar-refractivity contribution >= 4 is 17.4 Å². The minimum Gasteiger partial charge on any atom is -0.497 e. The van der Waals surface area contributed by atoms with Crippen molar-refractivity contribution in [3.05, 3.63) is 54.1 Å². The summed E-state index contributed by atoms with van der Waals surface area (Å²) in [6.07, 6.45) is 2.09. The molecule has 0 radical (unpaired) electrons. The van der Waals surface area contributed by atoms with Crippen LogP contribution in [0.25, 0.3) is 0 Å². The number of ether oxygens (including phenoxy) is 1. The standard InChI is InChI=1S/C16H19NOS/c1-12(13-7-6-8-14(11-13)18-2)17-15-9-4-5-10-16(15)19-3/h4-12,17H,1-3H3. The van der Waals surface area contributed by atoms with Crippen molar-refractivity contribution in [2.24, 2.45) is 0 Å². The summed E-state index contributed by atoms with van der Waals surface area (Å²) in [5.41, 5.74) is 2.39. The lowest BCUT2D eigenvalue weighted by Gasteiger charge is -2.18. The van der Waals surface area contributed by atoms with Crippen molar-refractivity contribution in [1.82, 2.24) is 0 Å². The number of benzene rings is 2. The number of thioether (sulfide) groups is 1. The van der Waals surface area contributed by atoms with Gasteiger partial charge in [-0.25, -0.2) is 0 Å². The molecule has 0 fully saturated rings. The quantitative estimate of drug-likeness (QED) is 0.805. The zero-order chi connectivity index (χ0) is 13.7. The summed E-state index contributed by atoms with van der Waals surface area (Å²) in [4.78, 5) is 1.26. The van der Waals surface area contributed by atoms with Crippen molar-refractivity contribution in [1.29, 1.82) is 0 Å². The van der Waals surface area contributed by atoms with Gasteiger partial charge in [-0.1, -0.05) is 24.3 Å². The highest BCUT2D eigenvalue weighted by Crippen LogP contribution is 2.29. The molecule has 0 amide bonds. The largest absolute Gasteiger partial charge is 0.497 e. The van der Waals surface area contributed by atoms with Crippen LogP contribution >= 0.6 is 11.8 Å². The maximum Gasteiger partial charge on any atom is 0.119 e. The van der Waals surface area contributed by atoms with Crippen LogP contribution in [-0.2, 0) is 0 Å². The van der Waals surface area contributed by atoms with Crippen LogP contribution in [0.15, 0.2) is 53.4 Å². The molecule has 19 heavy (non-hydrogen) atoms. The van der Waals surface area contributed by atoms with E-state index in [0.29, 0.717) is 0 Å². The topological polar surface area (TPSA) is 21.3 Å². The lowest BCUT2D eigenvalue weighted by atomic mass is 10.1. The first kappa shape index (κ1) is 13.8. The van der Waals surface area contributed by atoms with Crippen LogP contribution in [0, 0.1) is 0 Å². The molecule has 0 spiro atoms. The van der Waals surface area contributed by atoms with Crippen LogP contribution in [0.4, 0.5) is 5.69 Å². The Hall–Kier alpha value is -1.61. The number of rotatable bonds is 5. The number of hydrogen-bond acceptors (Lipinski definition) is 3. The van der Waals surface area contributed by atoms with E-state index in [0.717, 1.165) is 5.75 Å². The molecule has 0 saturated heterocycles. The first-order valence-corrected chi connectivity index (χ1v) is 7.50. The van der Waals surface area contributed by atoms with Gasteiger partial charge in [0.05, 0.1) is 7.11 Å². The Kier molecular flexibility index (Phi) is 4.74. The molecule has 1 N–H and O–H groups in total. The fourth-order valence-corrected chi connectivity index (χ4v) is 2.55. The molecular formula is C16H19NOS. The molecule has 2 rings (SSSR count). The van der Waals surface area contributed by atoms with Crippen molar-refractivity contribution in [2.45, 2.75) is 17.9 Å². The Labute approximate surface area is 119 Å². The van der Waals surface area contributed by atoms with Gasteiger partial charge in [0.25, 0.3) is 0 Å². The molecule has 0 heterocycles. The van der Waals surface area contributed by atoms with E-state index >= 15 is 0 Å². The van der Waals surface area contributed by atoms with E-state index in [1.54, 1.807) is 18.9 Å². The van der Waals surface area contributed by atoms with Gasteiger partial charge >= 0.3 is 0 Å². The Morgan fingerprint density at radius 3 is 2.63 bits per heavy atom. The maximum atomic E-state index is 5.27. The van der Waals surface area contributed by atoms with E-state index in [4.69, 9.17) is 4.74 Å². The average Bonchev–Trinajstić information content (AvgIpc) is 2.47. The van der Waals surface area contributed by atoms with Crippen molar-refractivity contribution in [2.75, 3.05) is 18.7 Å². The van der Waals surface area contributed by atoms with Gasteiger partial charge < -0.3 is 10.1 Å². The van der Waals surface area contributed by atoms with E-state index < -0.39 is 0 Å². The first-order chi connectivity index (χ1) is 9.24. The second-order valence-corrected chi connectivity index (χ2v) is 5.19. The Morgan fingerprint density at radius 1 is 1.11 bits per heavy atom. The molecule has 3 heteroatoms. The molecule has 0 aromatic heterocycles. The molecule has 1 unspecified atom stereocenters. The molecule has 0 aliphatic rings. The highest BCUT2D eigenvalue weighted by atomic mass is 32.2. The number of hydrogen-bond donors (Lipinski definition) is 1. The predicted octanol–water partition coefficient (Wildman–Crippen LogP) is 4.59. The SMILES string of the molecule is COc1cccc(C(C)Nc2ccccc2SC)c1. The summed E-state index contributed by atoms with van der Waals surface area (Å²) in [6.45, 7) is 2.16. The molecule has 1 atom stereocenters. The molecule has 0 aliphatic carbocycles. The summed E-state index contributed by atoms with van der Waals surface area (Å²) < 4.78 is 5.27. The molecule has 100 valence electrons. The molecule has 2 nitrogen and oxygen atoms in total. The van der Waals surface area contributed by atoms with Crippen LogP contribution in [0.3, 0.4) is 0 Å². The zero-order valence-corrected chi connectivity index (χ0v) is 12.3. The number of nitrogens with one attached hydrogen (secondary N) is 1. The third-order valence-electron chi connectivity index (χ3n) is 3.07. The smallest absolute Gasteiger partial charge is 0.119 e. The second-order valence-electron chi connectivity index (χ2n) is 4.34. The average molecular weight is 273 g/mol. The maximum absolute atomic E-state index is 5.27. The Balaban J connectivity index is 2.18. The highest BCUT2D eigenvalue weighted by Gasteiger charge is 2.08. The van der Waals surface area contributed by atoms with Crippen LogP contribution < -0.4 is 10.1 Å². The van der Waals surface area contributed by atoms with E-state index in [1.807, 2.05) is 12.1 Å². The van der Waals surface area contributed by atoms with Gasteiger partial charge in [0.2, 0.25) is 0 Å². The normalized spacial score (nSPS) is 11.9. The lowest BCUT2D eigenvalue weighted by Crippen LogP contribution is -2.07. The third kappa shape index (κ3) is 3.44. The second kappa shape index (κ2) is 6.53. The summed E-state index contributed by atoms with van der Waals surface area (Å²) in [5.74, 6) is 0.893. The Bertz CT molecular complexity index is 542. The van der Waals surface area contributed by atoms with E-state index in [1.165, 1.54) is 16.1 Å². The van der Waals surface area contributed by atoms with Crippen molar-refractivity contribution < 1.29 is 4.74 Å². The number of anilines is 1. The van der Waals surface area contributed by atoms with Crippen LogP contribution in [0.2, 0.25) is 0 Å². The third-order valence-corrected chi connectivity index (χ3v) is 3.87. The predicted molar refractivity (Wildman–Crippen MR) is 83.3 cm³/mol. The minimum atomic E-state index is 0.239. The van der Waals surface area contributed by atoms with Crippen LogP contribution in [-0.4, -0.2) is 13.4 Å². The van der Waals surface area contributed by atoms with Crippen molar-refractivity contribution in [3.63, 3.8) is 0 Å². The van der Waals surface area contributed by atoms with Crippen molar-refractivity contribution in [3.8, 4) is 5.75 Å². The zero-order valence-electron chi connectivity index (χ0n) is 11.5. The van der Waals surface area contributed by atoms with Gasteiger partial charge in [-0.15, -0.1) is 11.8 Å². The summed E-state index contributed by atoms with van der Waals surface area (Å²) in [7, 11) is 1.69. The Morgan fingerprint density at radius 2 is 1.89 bits per heavy atom. The minimum absolute atomic E-state index is 0.239. The van der Waals surface area contributed by atoms with Gasteiger partial charge in [0.15, 0.2) is 0 Å². The van der Waals surface area contributed by atoms with Gasteiger partial charge in [-0.2, -0.15) is 0 Å². The van der Waals surface area contributed by atoms with E-state index in [-0.39, 0.29) is 6.04 Å². The van der Waals surface area contributed by atoms with Gasteiger partial charge in [0, 0.05) is 16.6 Å². The fourth-order valence-electron chi connectivity index (χ4n) is 1.99. The van der Waals surface area contributed by atoms with Gasteiger partial charge in [-0.3, -0.25) is 0 Å². The molecule has 2 aromatic rings. The summed E-state index contributed by atoms with van der Waals surface area (Å²) in [6, 6.07) is 16.8. The molecular weight excluding hydrogens is 254 g/mol. The fraction of sp³-hybridized carbons (Fsp3) is 0.250. The summed E-state index contributed by atoms with van der Waals surface area (Å²) in [5, 5.41) is 3.55. The lowest BCUT2D eigenvalue weighted by molar-refractivity contribution is 0.414. The van der Waals surface area contributed by atoms with Gasteiger partial charge in [-0.05, 0) is 43.0 Å². The highest BCUT2D eigenvalue weighted by molar-refractivity contribution is 7.98. The first-order valence-electron chi connectivity index (χ1n) is 6.28. The summed E-state index contributed by atoms with van der Waals surface area (Å²) >= 11 is 1.75. The molecule has 0 bridgehead atoms. The van der Waals surface area contributed by atoms with Crippen LogP contribution in [0.1, 0.15) is 18.5 Å². The molecule has 0 saturated carbocycles. The molecule has 0 aliphatic heterocycles.